The third-order valence-electron chi connectivity index (χ3n) is 7.46. The van der Waals surface area contributed by atoms with Crippen molar-refractivity contribution in [3.8, 4) is 5.75 Å². The lowest BCUT2D eigenvalue weighted by Crippen LogP contribution is -2.44. The lowest BCUT2D eigenvalue weighted by Gasteiger charge is -2.40. The molecule has 1 atom stereocenters. The number of fused-ring (bicyclic) bond motifs is 1. The molecule has 0 bridgehead atoms. The van der Waals surface area contributed by atoms with Gasteiger partial charge in [-0.05, 0) is 72.8 Å². The van der Waals surface area contributed by atoms with Gasteiger partial charge in [0.15, 0.2) is 14.0 Å². The number of hydrogen-bond acceptors (Lipinski definition) is 5. The molecular weight excluding hydrogens is 468 g/mol. The summed E-state index contributed by atoms with van der Waals surface area (Å²) in [6, 6.07) is 11.9. The monoisotopic (exact) mass is 506 g/mol. The molecule has 0 saturated carbocycles. The van der Waals surface area contributed by atoms with Crippen LogP contribution in [0.4, 0.5) is 0 Å². The summed E-state index contributed by atoms with van der Waals surface area (Å²) in [5, 5.41) is 0.203. The molecule has 1 aliphatic carbocycles. The highest BCUT2D eigenvalue weighted by atomic mass is 28.4. The maximum atomic E-state index is 11.8. The summed E-state index contributed by atoms with van der Waals surface area (Å²) < 4.78 is 13.9. The van der Waals surface area contributed by atoms with Crippen LogP contribution >= 0.6 is 0 Å². The molecule has 0 fully saturated rings. The van der Waals surface area contributed by atoms with Gasteiger partial charge in [-0.3, -0.25) is 4.79 Å². The maximum absolute atomic E-state index is 11.8. The summed E-state index contributed by atoms with van der Waals surface area (Å²) >= 11 is 0. The number of rotatable bonds is 8. The van der Waals surface area contributed by atoms with Gasteiger partial charge in [-0.15, -0.1) is 0 Å². The molecule has 1 aromatic carbocycles. The summed E-state index contributed by atoms with van der Waals surface area (Å²) in [6.45, 7) is 12.0. The van der Waals surface area contributed by atoms with E-state index < -0.39 is 14.2 Å². The van der Waals surface area contributed by atoms with E-state index in [9.17, 15) is 4.79 Å². The van der Waals surface area contributed by atoms with Gasteiger partial charge in [0.05, 0.1) is 25.8 Å². The largest absolute Gasteiger partial charge is 0.497 e. The number of hydrogen-bond donors (Lipinski definition) is 1. The summed E-state index contributed by atoms with van der Waals surface area (Å²) in [5.41, 5.74) is 10.3. The van der Waals surface area contributed by atoms with Gasteiger partial charge in [0.1, 0.15) is 17.1 Å². The number of aromatic nitrogens is 3. The van der Waals surface area contributed by atoms with E-state index in [4.69, 9.17) is 19.9 Å². The second-order valence-electron chi connectivity index (χ2n) is 11.1. The van der Waals surface area contributed by atoms with E-state index in [-0.39, 0.29) is 17.6 Å². The Balaban J connectivity index is 1.61. The molecule has 7 nitrogen and oxygen atoms in total. The fourth-order valence-corrected chi connectivity index (χ4v) is 5.74. The highest BCUT2D eigenvalue weighted by Gasteiger charge is 2.39. The number of nitrogens with two attached hydrogens (primary N) is 1. The topological polar surface area (TPSA) is 92.3 Å². The van der Waals surface area contributed by atoms with Crippen molar-refractivity contribution in [2.45, 2.75) is 77.2 Å². The third-order valence-corrected chi connectivity index (χ3v) is 12.0. The zero-order chi connectivity index (χ0) is 26.1. The lowest BCUT2D eigenvalue weighted by atomic mass is 9.95. The first-order chi connectivity index (χ1) is 17.0. The lowest BCUT2D eigenvalue weighted by molar-refractivity contribution is -0.117. The summed E-state index contributed by atoms with van der Waals surface area (Å²) in [5.74, 6) is 1.01. The van der Waals surface area contributed by atoms with Crippen LogP contribution < -0.4 is 10.5 Å². The first kappa shape index (κ1) is 26.1. The van der Waals surface area contributed by atoms with E-state index in [2.05, 4.69) is 44.9 Å². The minimum absolute atomic E-state index is 0.0665. The second kappa shape index (κ2) is 10.2. The standard InChI is InChI=1S/C28H38N4O3Si/c1-28(2,3)36(5,6)35-22-13-9-20(10-14-22)23-15-16-24-27(31-23)32(26(30-24)17-25(29)33)18-19-7-11-21(34-4)12-8-19/h7-9,11-12,15-16,22H,10,13-14,17-18H2,1-6H3,(H2,29,33). The number of carbonyl (C=O) groups excluding carboxylic acids is 1. The molecule has 1 amide bonds. The minimum Gasteiger partial charge on any atom is -0.497 e. The van der Waals surface area contributed by atoms with Gasteiger partial charge in [0, 0.05) is 6.10 Å². The molecular formula is C28H38N4O3Si. The Kier molecular flexibility index (Phi) is 7.38. The second-order valence-corrected chi connectivity index (χ2v) is 15.9. The predicted molar refractivity (Wildman–Crippen MR) is 146 cm³/mol. The van der Waals surface area contributed by atoms with E-state index in [0.29, 0.717) is 12.4 Å². The number of carbonyl (C=O) groups is 1. The van der Waals surface area contributed by atoms with E-state index in [1.165, 1.54) is 5.57 Å². The minimum atomic E-state index is -1.79. The molecule has 2 heterocycles. The van der Waals surface area contributed by atoms with Crippen LogP contribution in [0.2, 0.25) is 18.1 Å². The number of amides is 1. The summed E-state index contributed by atoms with van der Waals surface area (Å²) in [6.07, 6.45) is 5.44. The van der Waals surface area contributed by atoms with Gasteiger partial charge in [-0.2, -0.15) is 0 Å². The van der Waals surface area contributed by atoms with Crippen molar-refractivity contribution < 1.29 is 14.0 Å². The molecule has 1 unspecified atom stereocenters. The quantitative estimate of drug-likeness (QED) is 0.409. The zero-order valence-electron chi connectivity index (χ0n) is 22.3. The van der Waals surface area contributed by atoms with Crippen molar-refractivity contribution >= 4 is 31.0 Å². The molecule has 0 radical (unpaired) electrons. The van der Waals surface area contributed by atoms with Crippen molar-refractivity contribution in [3.63, 3.8) is 0 Å². The van der Waals surface area contributed by atoms with Gasteiger partial charge >= 0.3 is 0 Å². The van der Waals surface area contributed by atoms with Gasteiger partial charge in [0.2, 0.25) is 5.91 Å². The van der Waals surface area contributed by atoms with E-state index in [0.717, 1.165) is 47.4 Å². The highest BCUT2D eigenvalue weighted by Crippen LogP contribution is 2.39. The molecule has 8 heteroatoms. The molecule has 36 heavy (non-hydrogen) atoms. The zero-order valence-corrected chi connectivity index (χ0v) is 23.3. The van der Waals surface area contributed by atoms with Crippen LogP contribution in [0.1, 0.15) is 57.1 Å². The fourth-order valence-electron chi connectivity index (χ4n) is 4.34. The summed E-state index contributed by atoms with van der Waals surface area (Å²) in [4.78, 5) is 21.5. The predicted octanol–water partition coefficient (Wildman–Crippen LogP) is 5.47. The molecule has 4 rings (SSSR count). The smallest absolute Gasteiger partial charge is 0.225 e. The Hall–Kier alpha value is -2.97. The highest BCUT2D eigenvalue weighted by molar-refractivity contribution is 6.74. The first-order valence-electron chi connectivity index (χ1n) is 12.6. The Morgan fingerprint density at radius 1 is 1.14 bits per heavy atom. The van der Waals surface area contributed by atoms with Crippen molar-refractivity contribution in [1.29, 1.82) is 0 Å². The van der Waals surface area contributed by atoms with E-state index >= 15 is 0 Å². The molecule has 3 aromatic rings. The Morgan fingerprint density at radius 3 is 2.44 bits per heavy atom. The van der Waals surface area contributed by atoms with Crippen LogP contribution in [-0.2, 0) is 22.2 Å². The SMILES string of the molecule is COc1ccc(Cn2c(CC(N)=O)nc3ccc(C4=CCC(O[Si](C)(C)C(C)(C)C)CC4)nc32)cc1. The van der Waals surface area contributed by atoms with Crippen molar-refractivity contribution in [2.24, 2.45) is 5.73 Å². The number of allylic oxidation sites excluding steroid dienone is 1. The Bertz CT molecular complexity index is 1270. The molecule has 192 valence electrons. The van der Waals surface area contributed by atoms with Gasteiger partial charge < -0.3 is 19.5 Å². The average molecular weight is 507 g/mol. The normalized spacial score (nSPS) is 16.7. The first-order valence-corrected chi connectivity index (χ1v) is 15.5. The van der Waals surface area contributed by atoms with Crippen LogP contribution in [0.5, 0.6) is 5.75 Å². The molecule has 0 aliphatic heterocycles. The Morgan fingerprint density at radius 2 is 1.86 bits per heavy atom. The van der Waals surface area contributed by atoms with Crippen LogP contribution in [-0.4, -0.2) is 42.0 Å². The summed E-state index contributed by atoms with van der Waals surface area (Å²) in [7, 11) is -0.144. The Labute approximate surface area is 214 Å². The number of ether oxygens (including phenoxy) is 1. The van der Waals surface area contributed by atoms with E-state index in [1.807, 2.05) is 41.0 Å². The number of methoxy groups -OCH3 is 1. The molecule has 2 aromatic heterocycles. The van der Waals surface area contributed by atoms with Crippen molar-refractivity contribution in [2.75, 3.05) is 7.11 Å². The number of benzene rings is 1. The van der Waals surface area contributed by atoms with Gasteiger partial charge in [-0.1, -0.05) is 39.0 Å². The molecule has 2 N–H and O–H groups in total. The number of imidazole rings is 1. The van der Waals surface area contributed by atoms with Crippen LogP contribution in [0.25, 0.3) is 16.7 Å². The van der Waals surface area contributed by atoms with Crippen LogP contribution in [0.3, 0.4) is 0 Å². The van der Waals surface area contributed by atoms with Crippen molar-refractivity contribution in [1.82, 2.24) is 14.5 Å². The van der Waals surface area contributed by atoms with E-state index in [1.54, 1.807) is 7.11 Å². The maximum Gasteiger partial charge on any atom is 0.225 e. The van der Waals surface area contributed by atoms with Crippen LogP contribution in [0.15, 0.2) is 42.5 Å². The number of pyridine rings is 1. The molecule has 0 saturated heterocycles. The van der Waals surface area contributed by atoms with Crippen molar-refractivity contribution in [3.05, 3.63) is 59.6 Å². The number of nitrogens with zero attached hydrogens (tertiary/aromatic N) is 3. The third kappa shape index (κ3) is 5.70. The molecule has 0 spiro atoms. The molecule has 1 aliphatic rings. The fraction of sp³-hybridized carbons (Fsp3) is 0.464. The van der Waals surface area contributed by atoms with Gasteiger partial charge in [-0.25, -0.2) is 9.97 Å². The average Bonchev–Trinajstić information content (AvgIpc) is 3.14. The number of primary amides is 1. The van der Waals surface area contributed by atoms with Gasteiger partial charge in [0.25, 0.3) is 0 Å². The van der Waals surface area contributed by atoms with Crippen LogP contribution in [0, 0.1) is 0 Å².